The Bertz CT molecular complexity index is 261. The highest BCUT2D eigenvalue weighted by Gasteiger charge is 2.26. The molecule has 12 heavy (non-hydrogen) atoms. The van der Waals surface area contributed by atoms with Gasteiger partial charge in [-0.3, -0.25) is 4.79 Å². The van der Waals surface area contributed by atoms with E-state index in [-0.39, 0.29) is 17.5 Å². The van der Waals surface area contributed by atoms with Crippen LogP contribution in [0.1, 0.15) is 26.7 Å². The van der Waals surface area contributed by atoms with Crippen LogP contribution in [0.4, 0.5) is 0 Å². The standard InChI is InChI=1S/C10H14O2/c1-6(2)8-4-9(7(3)11)10(12)5-8/h8,12H,1,4-5H2,2-3H3/t8-/m1/s1. The van der Waals surface area contributed by atoms with Crippen LogP contribution >= 0.6 is 0 Å². The third-order valence-electron chi connectivity index (χ3n) is 2.36. The fourth-order valence-electron chi connectivity index (χ4n) is 1.49. The summed E-state index contributed by atoms with van der Waals surface area (Å²) in [5.74, 6) is 0.510. The number of carbonyl (C=O) groups is 1. The van der Waals surface area contributed by atoms with Crippen molar-refractivity contribution in [3.63, 3.8) is 0 Å². The molecule has 1 aliphatic rings. The first-order valence-electron chi connectivity index (χ1n) is 4.09. The molecule has 1 aliphatic carbocycles. The summed E-state index contributed by atoms with van der Waals surface area (Å²) >= 11 is 0. The van der Waals surface area contributed by atoms with Gasteiger partial charge in [-0.1, -0.05) is 12.2 Å². The highest BCUT2D eigenvalue weighted by molar-refractivity contribution is 5.94. The van der Waals surface area contributed by atoms with Crippen LogP contribution in [0.3, 0.4) is 0 Å². The molecule has 0 spiro atoms. The lowest BCUT2D eigenvalue weighted by Crippen LogP contribution is -1.99. The van der Waals surface area contributed by atoms with Crippen molar-refractivity contribution < 1.29 is 9.90 Å². The zero-order valence-electron chi connectivity index (χ0n) is 7.55. The van der Waals surface area contributed by atoms with Gasteiger partial charge in [0.25, 0.3) is 0 Å². The zero-order valence-corrected chi connectivity index (χ0v) is 7.55. The third-order valence-corrected chi connectivity index (χ3v) is 2.36. The van der Waals surface area contributed by atoms with E-state index in [1.807, 2.05) is 6.92 Å². The van der Waals surface area contributed by atoms with E-state index in [2.05, 4.69) is 6.58 Å². The van der Waals surface area contributed by atoms with Gasteiger partial charge in [0.2, 0.25) is 0 Å². The van der Waals surface area contributed by atoms with Gasteiger partial charge in [0.1, 0.15) is 0 Å². The van der Waals surface area contributed by atoms with Crippen molar-refractivity contribution in [1.82, 2.24) is 0 Å². The van der Waals surface area contributed by atoms with Crippen LogP contribution in [0.25, 0.3) is 0 Å². The van der Waals surface area contributed by atoms with Gasteiger partial charge in [-0.25, -0.2) is 0 Å². The molecule has 66 valence electrons. The maximum absolute atomic E-state index is 11.0. The number of hydrogen-bond donors (Lipinski definition) is 1. The predicted molar refractivity (Wildman–Crippen MR) is 47.9 cm³/mol. The summed E-state index contributed by atoms with van der Waals surface area (Å²) in [7, 11) is 0. The van der Waals surface area contributed by atoms with Crippen molar-refractivity contribution in [2.24, 2.45) is 5.92 Å². The SMILES string of the molecule is C=C(C)[C@H]1CC(O)=C(C(C)=O)C1. The highest BCUT2D eigenvalue weighted by atomic mass is 16.3. The molecule has 0 aliphatic heterocycles. The van der Waals surface area contributed by atoms with Crippen LogP contribution in [0, 0.1) is 5.92 Å². The van der Waals surface area contributed by atoms with Gasteiger partial charge in [-0.05, 0) is 26.2 Å². The largest absolute Gasteiger partial charge is 0.512 e. The van der Waals surface area contributed by atoms with E-state index in [0.29, 0.717) is 18.4 Å². The number of aliphatic hydroxyl groups is 1. The summed E-state index contributed by atoms with van der Waals surface area (Å²) in [6, 6.07) is 0. The van der Waals surface area contributed by atoms with Crippen LogP contribution in [0.15, 0.2) is 23.5 Å². The normalized spacial score (nSPS) is 23.0. The Balaban J connectivity index is 2.74. The van der Waals surface area contributed by atoms with Crippen molar-refractivity contribution in [3.05, 3.63) is 23.5 Å². The summed E-state index contributed by atoms with van der Waals surface area (Å²) < 4.78 is 0. The Hall–Kier alpha value is -1.05. The maximum Gasteiger partial charge on any atom is 0.159 e. The van der Waals surface area contributed by atoms with Crippen LogP contribution in [0.5, 0.6) is 0 Å². The van der Waals surface area contributed by atoms with E-state index in [1.54, 1.807) is 0 Å². The summed E-state index contributed by atoms with van der Waals surface area (Å²) in [5, 5.41) is 9.40. The number of carbonyl (C=O) groups excluding carboxylic acids is 1. The molecule has 2 heteroatoms. The Morgan fingerprint density at radius 3 is 2.33 bits per heavy atom. The first-order chi connectivity index (χ1) is 5.52. The molecule has 2 nitrogen and oxygen atoms in total. The molecule has 0 amide bonds. The molecule has 0 unspecified atom stereocenters. The molecule has 1 rings (SSSR count). The lowest BCUT2D eigenvalue weighted by molar-refractivity contribution is -0.113. The molecule has 0 aromatic heterocycles. The van der Waals surface area contributed by atoms with E-state index in [4.69, 9.17) is 0 Å². The van der Waals surface area contributed by atoms with Crippen molar-refractivity contribution in [1.29, 1.82) is 0 Å². The van der Waals surface area contributed by atoms with Crippen LogP contribution < -0.4 is 0 Å². The average molecular weight is 166 g/mol. The number of Topliss-reactive ketones (excluding diaryl/α,β-unsaturated/α-hetero) is 1. The smallest absolute Gasteiger partial charge is 0.159 e. The van der Waals surface area contributed by atoms with E-state index >= 15 is 0 Å². The summed E-state index contributed by atoms with van der Waals surface area (Å²) in [6.07, 6.45) is 1.25. The summed E-state index contributed by atoms with van der Waals surface area (Å²) in [6.45, 7) is 7.24. The molecule has 0 aromatic rings. The Kier molecular flexibility index (Phi) is 2.36. The van der Waals surface area contributed by atoms with E-state index < -0.39 is 0 Å². The van der Waals surface area contributed by atoms with Gasteiger partial charge >= 0.3 is 0 Å². The molecule has 0 saturated carbocycles. The Morgan fingerprint density at radius 1 is 1.50 bits per heavy atom. The molecule has 0 aromatic carbocycles. The number of ketones is 1. The van der Waals surface area contributed by atoms with Gasteiger partial charge in [-0.2, -0.15) is 0 Å². The molecule has 0 fully saturated rings. The van der Waals surface area contributed by atoms with Crippen LogP contribution in [-0.2, 0) is 4.79 Å². The second kappa shape index (κ2) is 3.13. The molecule has 0 heterocycles. The Labute approximate surface area is 72.6 Å². The monoisotopic (exact) mass is 166 g/mol. The van der Waals surface area contributed by atoms with Gasteiger partial charge in [0.05, 0.1) is 5.76 Å². The quantitative estimate of drug-likeness (QED) is 0.639. The molecule has 0 saturated heterocycles. The van der Waals surface area contributed by atoms with Crippen molar-refractivity contribution in [3.8, 4) is 0 Å². The summed E-state index contributed by atoms with van der Waals surface area (Å²) in [5.41, 5.74) is 1.63. The van der Waals surface area contributed by atoms with Gasteiger partial charge in [0.15, 0.2) is 5.78 Å². The summed E-state index contributed by atoms with van der Waals surface area (Å²) in [4.78, 5) is 11.0. The van der Waals surface area contributed by atoms with E-state index in [0.717, 1.165) is 5.57 Å². The maximum atomic E-state index is 11.0. The fourth-order valence-corrected chi connectivity index (χ4v) is 1.49. The van der Waals surface area contributed by atoms with Crippen LogP contribution in [-0.4, -0.2) is 10.9 Å². The van der Waals surface area contributed by atoms with E-state index in [9.17, 15) is 9.90 Å². The van der Waals surface area contributed by atoms with Crippen molar-refractivity contribution in [2.45, 2.75) is 26.7 Å². The number of aliphatic hydroxyl groups excluding tert-OH is 1. The predicted octanol–water partition coefficient (Wildman–Crippen LogP) is 2.37. The van der Waals surface area contributed by atoms with Gasteiger partial charge in [0, 0.05) is 12.0 Å². The van der Waals surface area contributed by atoms with Gasteiger partial charge in [-0.15, -0.1) is 0 Å². The highest BCUT2D eigenvalue weighted by Crippen LogP contribution is 2.34. The number of rotatable bonds is 2. The fraction of sp³-hybridized carbons (Fsp3) is 0.500. The minimum atomic E-state index is -0.0174. The molecular weight excluding hydrogens is 152 g/mol. The number of allylic oxidation sites excluding steroid dienone is 3. The van der Waals surface area contributed by atoms with Crippen molar-refractivity contribution in [2.75, 3.05) is 0 Å². The lowest BCUT2D eigenvalue weighted by Gasteiger charge is -2.06. The second-order valence-electron chi connectivity index (χ2n) is 3.43. The van der Waals surface area contributed by atoms with Gasteiger partial charge < -0.3 is 5.11 Å². The number of hydrogen-bond acceptors (Lipinski definition) is 2. The lowest BCUT2D eigenvalue weighted by atomic mass is 9.97. The first-order valence-corrected chi connectivity index (χ1v) is 4.09. The second-order valence-corrected chi connectivity index (χ2v) is 3.43. The van der Waals surface area contributed by atoms with E-state index in [1.165, 1.54) is 6.92 Å². The first kappa shape index (κ1) is 9.04. The average Bonchev–Trinajstić information content (AvgIpc) is 2.30. The minimum Gasteiger partial charge on any atom is -0.512 e. The minimum absolute atomic E-state index is 0.0174. The molecule has 0 radical (unpaired) electrons. The molecular formula is C10H14O2. The zero-order chi connectivity index (χ0) is 9.30. The van der Waals surface area contributed by atoms with Crippen molar-refractivity contribution >= 4 is 5.78 Å². The molecule has 1 N–H and O–H groups in total. The topological polar surface area (TPSA) is 37.3 Å². The molecule has 1 atom stereocenters. The Morgan fingerprint density at radius 2 is 2.08 bits per heavy atom. The third kappa shape index (κ3) is 1.58. The molecule has 0 bridgehead atoms. The van der Waals surface area contributed by atoms with Crippen LogP contribution in [0.2, 0.25) is 0 Å².